The molecule has 2 aromatic carbocycles. The van der Waals surface area contributed by atoms with Gasteiger partial charge < -0.3 is 26.8 Å². The molecule has 0 radical (unpaired) electrons. The van der Waals surface area contributed by atoms with Crippen LogP contribution in [0.1, 0.15) is 11.1 Å². The highest BCUT2D eigenvalue weighted by molar-refractivity contribution is 6.32. The van der Waals surface area contributed by atoms with Crippen LogP contribution in [0.4, 0.5) is 5.69 Å². The van der Waals surface area contributed by atoms with Crippen LogP contribution >= 0.6 is 23.2 Å². The van der Waals surface area contributed by atoms with Crippen LogP contribution < -0.4 is 21.7 Å². The van der Waals surface area contributed by atoms with E-state index in [-0.39, 0.29) is 41.7 Å². The second-order valence-corrected chi connectivity index (χ2v) is 7.66. The van der Waals surface area contributed by atoms with Gasteiger partial charge in [0.15, 0.2) is 0 Å². The van der Waals surface area contributed by atoms with E-state index in [9.17, 15) is 14.7 Å². The molecular formula is C22H22Cl2N6O3. The first-order valence-corrected chi connectivity index (χ1v) is 10.4. The van der Waals surface area contributed by atoms with E-state index in [4.69, 9.17) is 39.6 Å². The van der Waals surface area contributed by atoms with Gasteiger partial charge in [-0.15, -0.1) is 0 Å². The third-order valence-electron chi connectivity index (χ3n) is 4.51. The molecule has 0 aliphatic rings. The minimum absolute atomic E-state index is 0.135. The standard InChI is InChI=1S/C22H22Cl2N6O3/c23-15-3-1-2-13(6-15)21(26)20(22(27)33)19(10-28-12-32)30-17(11-31)9-29-16-5-4-14(8-25)18(24)7-16/h1-7,12,17,26,29-31H,9-11H2,(H2,27,33)(H,28,32)/b20-19+,26-21?. The van der Waals surface area contributed by atoms with Crippen LogP contribution in [0.5, 0.6) is 0 Å². The van der Waals surface area contributed by atoms with E-state index in [2.05, 4.69) is 16.0 Å². The van der Waals surface area contributed by atoms with E-state index in [0.717, 1.165) is 0 Å². The number of amides is 2. The van der Waals surface area contributed by atoms with Gasteiger partial charge in [-0.1, -0.05) is 35.3 Å². The average molecular weight is 489 g/mol. The van der Waals surface area contributed by atoms with Crippen molar-refractivity contribution in [3.8, 4) is 6.07 Å². The predicted octanol–water partition coefficient (Wildman–Crippen LogP) is 1.78. The summed E-state index contributed by atoms with van der Waals surface area (Å²) in [6.07, 6.45) is 0.439. The Hall–Kier alpha value is -3.58. The Morgan fingerprint density at radius 3 is 2.61 bits per heavy atom. The third-order valence-corrected chi connectivity index (χ3v) is 5.06. The molecule has 7 N–H and O–H groups in total. The first kappa shape index (κ1) is 25.7. The van der Waals surface area contributed by atoms with Gasteiger partial charge in [-0.25, -0.2) is 0 Å². The zero-order chi connectivity index (χ0) is 24.4. The molecule has 0 saturated carbocycles. The molecule has 1 atom stereocenters. The lowest BCUT2D eigenvalue weighted by Crippen LogP contribution is -2.42. The lowest BCUT2D eigenvalue weighted by atomic mass is 9.99. The van der Waals surface area contributed by atoms with Crippen molar-refractivity contribution in [2.45, 2.75) is 6.04 Å². The van der Waals surface area contributed by atoms with Crippen molar-refractivity contribution in [3.05, 3.63) is 74.9 Å². The summed E-state index contributed by atoms with van der Waals surface area (Å²) in [6.45, 7) is -0.304. The Kier molecular flexibility index (Phi) is 9.69. The Balaban J connectivity index is 2.31. The smallest absolute Gasteiger partial charge is 0.252 e. The molecule has 0 saturated heterocycles. The van der Waals surface area contributed by atoms with E-state index in [1.165, 1.54) is 6.07 Å². The number of carbonyl (C=O) groups excluding carboxylic acids is 2. The van der Waals surface area contributed by atoms with Gasteiger partial charge in [0.2, 0.25) is 6.41 Å². The van der Waals surface area contributed by atoms with Crippen LogP contribution in [0.15, 0.2) is 53.7 Å². The van der Waals surface area contributed by atoms with E-state index in [1.54, 1.807) is 36.4 Å². The van der Waals surface area contributed by atoms with Crippen molar-refractivity contribution in [1.82, 2.24) is 10.6 Å². The third kappa shape index (κ3) is 7.22. The maximum absolute atomic E-state index is 12.3. The molecule has 0 fully saturated rings. The summed E-state index contributed by atoms with van der Waals surface area (Å²) in [4.78, 5) is 23.2. The fourth-order valence-electron chi connectivity index (χ4n) is 2.93. The van der Waals surface area contributed by atoms with E-state index < -0.39 is 11.9 Å². The summed E-state index contributed by atoms with van der Waals surface area (Å²) in [6, 6.07) is 12.5. The second kappa shape index (κ2) is 12.5. The van der Waals surface area contributed by atoms with Gasteiger partial charge in [0.05, 0.1) is 41.1 Å². The Bertz CT molecular complexity index is 1110. The molecule has 2 rings (SSSR count). The number of nitriles is 1. The first-order chi connectivity index (χ1) is 15.8. The second-order valence-electron chi connectivity index (χ2n) is 6.81. The first-order valence-electron chi connectivity index (χ1n) is 9.66. The number of primary amides is 1. The van der Waals surface area contributed by atoms with Gasteiger partial charge in [-0.2, -0.15) is 5.26 Å². The van der Waals surface area contributed by atoms with Gasteiger partial charge >= 0.3 is 0 Å². The molecule has 0 aliphatic carbocycles. The minimum atomic E-state index is -0.890. The molecule has 0 heterocycles. The summed E-state index contributed by atoms with van der Waals surface area (Å²) in [5, 5.41) is 36.5. The van der Waals surface area contributed by atoms with Crippen LogP contribution in [0.2, 0.25) is 10.0 Å². The lowest BCUT2D eigenvalue weighted by molar-refractivity contribution is -0.114. The molecule has 33 heavy (non-hydrogen) atoms. The molecule has 0 aliphatic heterocycles. The summed E-state index contributed by atoms with van der Waals surface area (Å²) in [7, 11) is 0. The molecular weight excluding hydrogens is 467 g/mol. The van der Waals surface area contributed by atoms with Gasteiger partial charge in [-0.05, 0) is 30.3 Å². The van der Waals surface area contributed by atoms with Gasteiger partial charge in [0.25, 0.3) is 5.91 Å². The molecule has 1 unspecified atom stereocenters. The molecule has 2 aromatic rings. The molecule has 9 nitrogen and oxygen atoms in total. The highest BCUT2D eigenvalue weighted by Gasteiger charge is 2.22. The topological polar surface area (TPSA) is 164 Å². The summed E-state index contributed by atoms with van der Waals surface area (Å²) < 4.78 is 0. The highest BCUT2D eigenvalue weighted by atomic mass is 35.5. The zero-order valence-corrected chi connectivity index (χ0v) is 18.9. The number of nitrogens with one attached hydrogen (secondary N) is 4. The maximum atomic E-state index is 12.3. The van der Waals surface area contributed by atoms with Crippen molar-refractivity contribution in [3.63, 3.8) is 0 Å². The molecule has 0 spiro atoms. The normalized spacial score (nSPS) is 12.1. The Morgan fingerprint density at radius 1 is 1.27 bits per heavy atom. The summed E-state index contributed by atoms with van der Waals surface area (Å²) in [5.41, 5.74) is 6.66. The minimum Gasteiger partial charge on any atom is -0.394 e. The van der Waals surface area contributed by atoms with Crippen molar-refractivity contribution < 1.29 is 14.7 Å². The Morgan fingerprint density at radius 2 is 2.03 bits per heavy atom. The van der Waals surface area contributed by atoms with E-state index in [1.807, 2.05) is 6.07 Å². The number of hydrogen-bond acceptors (Lipinski definition) is 7. The zero-order valence-electron chi connectivity index (χ0n) is 17.4. The summed E-state index contributed by atoms with van der Waals surface area (Å²) >= 11 is 12.0. The number of rotatable bonds is 12. The monoisotopic (exact) mass is 488 g/mol. The predicted molar refractivity (Wildman–Crippen MR) is 127 cm³/mol. The molecule has 11 heteroatoms. The lowest BCUT2D eigenvalue weighted by Gasteiger charge is -2.23. The van der Waals surface area contributed by atoms with Gasteiger partial charge in [-0.3, -0.25) is 15.0 Å². The average Bonchev–Trinajstić information content (AvgIpc) is 2.79. The van der Waals surface area contributed by atoms with Crippen LogP contribution in [0.3, 0.4) is 0 Å². The SMILES string of the molecule is N#Cc1ccc(NCC(CO)N/C(CNC=O)=C(\C(=N)c2cccc(Cl)c2)C(N)=O)cc1Cl. The number of anilines is 1. The Labute approximate surface area is 200 Å². The van der Waals surface area contributed by atoms with Crippen molar-refractivity contribution in [1.29, 1.82) is 10.7 Å². The summed E-state index contributed by atoms with van der Waals surface area (Å²) in [5.74, 6) is -0.890. The molecule has 0 aromatic heterocycles. The number of aliphatic hydroxyl groups is 1. The van der Waals surface area contributed by atoms with Crippen molar-refractivity contribution >= 4 is 46.9 Å². The van der Waals surface area contributed by atoms with Crippen LogP contribution in [-0.4, -0.2) is 48.9 Å². The van der Waals surface area contributed by atoms with E-state index >= 15 is 0 Å². The fourth-order valence-corrected chi connectivity index (χ4v) is 3.34. The van der Waals surface area contributed by atoms with Crippen molar-refractivity contribution in [2.75, 3.05) is 25.0 Å². The number of nitrogens with two attached hydrogens (primary N) is 1. The largest absolute Gasteiger partial charge is 0.394 e. The van der Waals surface area contributed by atoms with Crippen LogP contribution in [-0.2, 0) is 9.59 Å². The van der Waals surface area contributed by atoms with Crippen LogP contribution in [0, 0.1) is 16.7 Å². The molecule has 2 amide bonds. The number of benzene rings is 2. The van der Waals surface area contributed by atoms with Crippen LogP contribution in [0.25, 0.3) is 0 Å². The van der Waals surface area contributed by atoms with E-state index in [0.29, 0.717) is 28.2 Å². The quantitative estimate of drug-likeness (QED) is 0.151. The molecule has 0 bridgehead atoms. The number of hydrogen-bond donors (Lipinski definition) is 6. The maximum Gasteiger partial charge on any atom is 0.252 e. The number of carbonyl (C=O) groups is 2. The van der Waals surface area contributed by atoms with Crippen molar-refractivity contribution in [2.24, 2.45) is 5.73 Å². The molecule has 172 valence electrons. The number of halogens is 2. The number of nitrogens with zero attached hydrogens (tertiary/aromatic N) is 1. The van der Waals surface area contributed by atoms with Gasteiger partial charge in [0.1, 0.15) is 6.07 Å². The van der Waals surface area contributed by atoms with Gasteiger partial charge in [0, 0.05) is 28.5 Å². The number of aliphatic hydroxyl groups excluding tert-OH is 1. The highest BCUT2D eigenvalue weighted by Crippen LogP contribution is 2.20. The fraction of sp³-hybridized carbons (Fsp3) is 0.182.